The summed E-state index contributed by atoms with van der Waals surface area (Å²) in [4.78, 5) is 5.11. The molecule has 0 saturated heterocycles. The van der Waals surface area contributed by atoms with E-state index in [9.17, 15) is 0 Å². The molecule has 0 unspecified atom stereocenters. The topological polar surface area (TPSA) is 20.6 Å². The van der Waals surface area contributed by atoms with Crippen molar-refractivity contribution in [1.82, 2.24) is 4.57 Å². The molecule has 6 aliphatic carbocycles. The van der Waals surface area contributed by atoms with Crippen LogP contribution < -0.4 is 30.9 Å². The van der Waals surface area contributed by atoms with Crippen LogP contribution in [0.4, 0.5) is 34.1 Å². The molecule has 4 bridgehead atoms. The van der Waals surface area contributed by atoms with Crippen molar-refractivity contribution >= 4 is 79.0 Å². The molecule has 0 spiro atoms. The lowest BCUT2D eigenvalue weighted by Gasteiger charge is -2.57. The molecule has 16 rings (SSSR count). The van der Waals surface area contributed by atoms with Crippen LogP contribution in [0.25, 0.3) is 27.5 Å². The van der Waals surface area contributed by atoms with Crippen LogP contribution in [0, 0.1) is 17.8 Å². The normalized spacial score (nSPS) is 23.7. The fraction of sp³-hybridized carbons (Fsp3) is 0.354. The van der Waals surface area contributed by atoms with E-state index in [0.29, 0.717) is 17.3 Å². The number of anilines is 6. The summed E-state index contributed by atoms with van der Waals surface area (Å²) in [7, 11) is 1.83. The second kappa shape index (κ2) is 16.2. The highest BCUT2D eigenvalue weighted by Gasteiger charge is 2.52. The summed E-state index contributed by atoms with van der Waals surface area (Å²) in [6.45, 7) is 0.0874. The molecular formula is C65H64BN3O. The molecule has 8 aliphatic rings. The maximum atomic E-state index is 6.29. The summed E-state index contributed by atoms with van der Waals surface area (Å²) in [5.74, 6) is 4.88. The van der Waals surface area contributed by atoms with E-state index >= 15 is 0 Å². The molecule has 0 N–H and O–H groups in total. The van der Waals surface area contributed by atoms with Crippen molar-refractivity contribution in [2.45, 2.75) is 120 Å². The fourth-order valence-corrected chi connectivity index (χ4v) is 16.4. The Morgan fingerprint density at radius 1 is 0.471 bits per heavy atom. The molecule has 6 fully saturated rings. The Hall–Kier alpha value is -6.20. The van der Waals surface area contributed by atoms with Crippen molar-refractivity contribution in [3.05, 3.63) is 162 Å². The maximum Gasteiger partial charge on any atom is 0.252 e. The molecule has 8 aromatic rings. The quantitative estimate of drug-likeness (QED) is 0.149. The highest BCUT2D eigenvalue weighted by molar-refractivity contribution is 7.00. The molecular weight excluding hydrogens is 850 g/mol. The minimum atomic E-state index is 0.0874. The van der Waals surface area contributed by atoms with Crippen molar-refractivity contribution in [2.24, 2.45) is 17.8 Å². The number of rotatable bonds is 7. The van der Waals surface area contributed by atoms with Crippen LogP contribution in [0.15, 0.2) is 146 Å². The Morgan fingerprint density at radius 2 is 1.00 bits per heavy atom. The summed E-state index contributed by atoms with van der Waals surface area (Å²) in [5, 5.41) is 2.76. The van der Waals surface area contributed by atoms with Crippen LogP contribution in [0.1, 0.15) is 131 Å². The van der Waals surface area contributed by atoms with Gasteiger partial charge < -0.3 is 19.1 Å². The monoisotopic (exact) mass is 914 g/mol. The molecule has 3 heterocycles. The number of nitrogens with zero attached hydrogens (tertiary/aromatic N) is 3. The summed E-state index contributed by atoms with van der Waals surface area (Å²) in [6, 6.07) is 57.2. The standard InChI is InChI=1S/C65H64BN3O/c1-70-53-37-62-64-63(38-53)69(52-26-24-51(25-27-52)67-58-20-12-11-19-54(58)55-36-49(23-30-59(55)67)65-39-42-31-43(40-65)33-44(32-42)41-65)61-29-22-48(46-15-7-3-8-16-46)35-57(61)66(64)56-34-47(45-13-5-2-6-14-45)21-28-60(56)68(62)50-17-9-4-10-18-50/h4,9-12,17-30,34-38,42-46H,2-3,5-8,13-16,31-33,39-41H2,1H3. The van der Waals surface area contributed by atoms with Crippen LogP contribution in [-0.2, 0) is 5.41 Å². The van der Waals surface area contributed by atoms with Crippen molar-refractivity contribution in [3.8, 4) is 11.4 Å². The Morgan fingerprint density at radius 3 is 1.59 bits per heavy atom. The molecule has 70 heavy (non-hydrogen) atoms. The molecule has 6 saturated carbocycles. The number of aromatic nitrogens is 1. The van der Waals surface area contributed by atoms with Gasteiger partial charge in [-0.15, -0.1) is 0 Å². The van der Waals surface area contributed by atoms with E-state index in [1.165, 1.54) is 192 Å². The zero-order chi connectivity index (χ0) is 46.1. The minimum Gasteiger partial charge on any atom is -0.497 e. The lowest BCUT2D eigenvalue weighted by Crippen LogP contribution is -2.61. The molecule has 2 aliphatic heterocycles. The average molecular weight is 914 g/mol. The average Bonchev–Trinajstić information content (AvgIpc) is 3.74. The summed E-state index contributed by atoms with van der Waals surface area (Å²) in [6.07, 6.45) is 21.8. The van der Waals surface area contributed by atoms with E-state index in [1.54, 1.807) is 5.56 Å². The number of ether oxygens (including phenoxy) is 1. The van der Waals surface area contributed by atoms with E-state index in [1.807, 2.05) is 7.11 Å². The van der Waals surface area contributed by atoms with Crippen LogP contribution >= 0.6 is 0 Å². The molecule has 0 radical (unpaired) electrons. The van der Waals surface area contributed by atoms with Gasteiger partial charge in [-0.1, -0.05) is 105 Å². The molecule has 4 nitrogen and oxygen atoms in total. The van der Waals surface area contributed by atoms with Gasteiger partial charge in [0.2, 0.25) is 0 Å². The molecule has 7 aromatic carbocycles. The van der Waals surface area contributed by atoms with Crippen molar-refractivity contribution in [1.29, 1.82) is 0 Å². The van der Waals surface area contributed by atoms with E-state index < -0.39 is 0 Å². The third-order valence-electron chi connectivity index (χ3n) is 19.2. The number of fused-ring (bicyclic) bond motifs is 7. The van der Waals surface area contributed by atoms with E-state index in [4.69, 9.17) is 4.74 Å². The molecule has 5 heteroatoms. The zero-order valence-electron chi connectivity index (χ0n) is 40.9. The van der Waals surface area contributed by atoms with Crippen LogP contribution in [0.5, 0.6) is 5.75 Å². The Bertz CT molecular complexity index is 3300. The third-order valence-corrected chi connectivity index (χ3v) is 19.2. The number of hydrogen-bond acceptors (Lipinski definition) is 3. The van der Waals surface area contributed by atoms with Gasteiger partial charge in [-0.2, -0.15) is 0 Å². The number of benzene rings is 7. The summed E-state index contributed by atoms with van der Waals surface area (Å²) >= 11 is 0. The minimum absolute atomic E-state index is 0.0874. The van der Waals surface area contributed by atoms with Gasteiger partial charge >= 0.3 is 0 Å². The van der Waals surface area contributed by atoms with Gasteiger partial charge in [-0.05, 0) is 199 Å². The first-order valence-corrected chi connectivity index (χ1v) is 27.4. The largest absolute Gasteiger partial charge is 0.497 e. The molecule has 348 valence electrons. The van der Waals surface area contributed by atoms with Crippen molar-refractivity contribution in [2.75, 3.05) is 16.9 Å². The first-order chi connectivity index (χ1) is 34.6. The SMILES string of the molecule is COc1cc2c3c(c1)N(c1ccc(-n4c5ccccc5c5cc(C67CC8CC(CC(C8)C6)C7)ccc54)cc1)c1ccc(C4CCCCC4)cc1B3c1cc(C3CCCCC3)ccc1N2c1ccccc1. The number of hydrogen-bond donors (Lipinski definition) is 0. The van der Waals surface area contributed by atoms with Gasteiger partial charge in [0.15, 0.2) is 0 Å². The van der Waals surface area contributed by atoms with Crippen LogP contribution in [0.2, 0.25) is 0 Å². The first kappa shape index (κ1) is 41.6. The zero-order valence-corrected chi connectivity index (χ0v) is 40.9. The van der Waals surface area contributed by atoms with E-state index in [2.05, 4.69) is 160 Å². The first-order valence-electron chi connectivity index (χ1n) is 27.4. The number of para-hydroxylation sites is 2. The highest BCUT2D eigenvalue weighted by Crippen LogP contribution is 2.61. The van der Waals surface area contributed by atoms with E-state index in [0.717, 1.165) is 23.5 Å². The molecule has 1 aromatic heterocycles. The van der Waals surface area contributed by atoms with Gasteiger partial charge in [-0.25, -0.2) is 0 Å². The van der Waals surface area contributed by atoms with E-state index in [-0.39, 0.29) is 6.71 Å². The van der Waals surface area contributed by atoms with Gasteiger partial charge in [0, 0.05) is 62.7 Å². The fourth-order valence-electron chi connectivity index (χ4n) is 16.4. The Kier molecular flexibility index (Phi) is 9.60. The smallest absolute Gasteiger partial charge is 0.252 e. The second-order valence-electron chi connectivity index (χ2n) is 23.1. The predicted octanol–water partition coefficient (Wildman–Crippen LogP) is 15.4. The Balaban J connectivity index is 0.901. The second-order valence-corrected chi connectivity index (χ2v) is 23.1. The number of methoxy groups -OCH3 is 1. The predicted molar refractivity (Wildman–Crippen MR) is 293 cm³/mol. The third kappa shape index (κ3) is 6.41. The van der Waals surface area contributed by atoms with Crippen LogP contribution in [0.3, 0.4) is 0 Å². The summed E-state index contributed by atoms with van der Waals surface area (Å²) < 4.78 is 8.82. The Labute approximate surface area is 414 Å². The van der Waals surface area contributed by atoms with Gasteiger partial charge in [-0.3, -0.25) is 0 Å². The molecule has 0 amide bonds. The summed E-state index contributed by atoms with van der Waals surface area (Å²) in [5.41, 5.74) is 20.3. The molecule has 0 atom stereocenters. The van der Waals surface area contributed by atoms with Gasteiger partial charge in [0.1, 0.15) is 5.75 Å². The van der Waals surface area contributed by atoms with Crippen LogP contribution in [-0.4, -0.2) is 18.4 Å². The lowest BCUT2D eigenvalue weighted by atomic mass is 9.33. The lowest BCUT2D eigenvalue weighted by molar-refractivity contribution is -0.00512. The van der Waals surface area contributed by atoms with Crippen molar-refractivity contribution < 1.29 is 4.74 Å². The van der Waals surface area contributed by atoms with Crippen molar-refractivity contribution in [3.63, 3.8) is 0 Å². The van der Waals surface area contributed by atoms with Gasteiger partial charge in [0.05, 0.1) is 18.1 Å². The van der Waals surface area contributed by atoms with Gasteiger partial charge in [0.25, 0.3) is 6.71 Å². The maximum absolute atomic E-state index is 6.29. The highest BCUT2D eigenvalue weighted by atomic mass is 16.5.